The summed E-state index contributed by atoms with van der Waals surface area (Å²) in [6, 6.07) is 0. The average Bonchev–Trinajstić information content (AvgIpc) is 2.86. The van der Waals surface area contributed by atoms with E-state index in [0.717, 1.165) is 0 Å². The Morgan fingerprint density at radius 1 is 0.519 bits per heavy atom. The van der Waals surface area contributed by atoms with E-state index in [1.165, 1.54) is 69.5 Å². The quantitative estimate of drug-likeness (QED) is 0.328. The van der Waals surface area contributed by atoms with E-state index in [-0.39, 0.29) is 37.7 Å². The second-order valence-electron chi connectivity index (χ2n) is 7.42. The minimum Gasteiger partial charge on any atom is -0.509 e. The van der Waals surface area contributed by atoms with Gasteiger partial charge in [0.25, 0.3) is 0 Å². The molecule has 2 nitrogen and oxygen atoms in total. The Labute approximate surface area is 186 Å². The fourth-order valence-corrected chi connectivity index (χ4v) is 2.81. The summed E-state index contributed by atoms with van der Waals surface area (Å²) in [5, 5.41) is 16.5. The van der Waals surface area contributed by atoms with E-state index in [4.69, 9.17) is 10.2 Å². The normalized spacial score (nSPS) is 10.8. The van der Waals surface area contributed by atoms with Crippen molar-refractivity contribution in [1.82, 2.24) is 0 Å². The Morgan fingerprint density at radius 2 is 0.667 bits per heavy atom. The molecular formula is C24H38O2Zr-2. The molecule has 0 aliphatic carbocycles. The molecule has 0 heterocycles. The molecule has 0 bridgehead atoms. The fourth-order valence-electron chi connectivity index (χ4n) is 2.81. The summed E-state index contributed by atoms with van der Waals surface area (Å²) < 4.78 is 0. The third-order valence-corrected chi connectivity index (χ3v) is 6.15. The zero-order valence-electron chi connectivity index (χ0n) is 19.4. The van der Waals surface area contributed by atoms with Gasteiger partial charge in [-0.15, -0.1) is 0 Å². The van der Waals surface area contributed by atoms with Crippen LogP contribution in [-0.4, -0.2) is 10.2 Å². The monoisotopic (exact) mass is 448 g/mol. The first-order chi connectivity index (χ1) is 11.7. The van der Waals surface area contributed by atoms with Crippen LogP contribution in [0.25, 0.3) is 0 Å². The maximum Gasteiger partial charge on any atom is 0.126 e. The molecular weight excluding hydrogens is 411 g/mol. The van der Waals surface area contributed by atoms with Crippen molar-refractivity contribution in [2.75, 3.05) is 0 Å². The van der Waals surface area contributed by atoms with E-state index in [9.17, 15) is 0 Å². The van der Waals surface area contributed by atoms with Gasteiger partial charge in [-0.3, -0.25) is 0 Å². The van der Waals surface area contributed by atoms with Crippen molar-refractivity contribution in [1.29, 1.82) is 0 Å². The molecule has 0 amide bonds. The average molecular weight is 450 g/mol. The first-order valence-corrected chi connectivity index (χ1v) is 9.20. The molecule has 2 aromatic rings. The summed E-state index contributed by atoms with van der Waals surface area (Å²) in [6.45, 7) is 24.8. The maximum atomic E-state index is 8.26. The fraction of sp³-hybridized carbons (Fsp3) is 0.500. The third-order valence-electron chi connectivity index (χ3n) is 6.15. The number of rotatable bonds is 0. The Hall–Kier alpha value is -1.08. The van der Waals surface area contributed by atoms with Crippen molar-refractivity contribution >= 4 is 0 Å². The SMILES string of the molecule is C/C(O)=C(\C)O.Cc1c(C)c(C)[c-](C)c1C.Cc1c(C)c(C)[c-](C)c1C.[Zr]. The molecule has 0 aromatic heterocycles. The first-order valence-electron chi connectivity index (χ1n) is 9.20. The van der Waals surface area contributed by atoms with Crippen LogP contribution in [0.15, 0.2) is 11.5 Å². The van der Waals surface area contributed by atoms with E-state index in [1.807, 2.05) is 0 Å². The second kappa shape index (κ2) is 11.7. The minimum absolute atomic E-state index is 0. The largest absolute Gasteiger partial charge is 0.509 e. The molecule has 0 aliphatic rings. The van der Waals surface area contributed by atoms with Crippen LogP contribution in [0, 0.1) is 69.2 Å². The van der Waals surface area contributed by atoms with E-state index in [0.29, 0.717) is 0 Å². The van der Waals surface area contributed by atoms with Gasteiger partial charge in [-0.1, -0.05) is 69.2 Å². The van der Waals surface area contributed by atoms with Gasteiger partial charge in [0, 0.05) is 26.2 Å². The van der Waals surface area contributed by atoms with Crippen molar-refractivity contribution in [3.8, 4) is 0 Å². The van der Waals surface area contributed by atoms with E-state index in [2.05, 4.69) is 69.2 Å². The molecule has 0 unspecified atom stereocenters. The van der Waals surface area contributed by atoms with Crippen molar-refractivity contribution in [3.05, 3.63) is 67.2 Å². The molecule has 27 heavy (non-hydrogen) atoms. The Kier molecular flexibility index (Phi) is 12.2. The minimum atomic E-state index is -0.0185. The Balaban J connectivity index is 0. The maximum absolute atomic E-state index is 8.26. The summed E-state index contributed by atoms with van der Waals surface area (Å²) in [6.07, 6.45) is 0. The van der Waals surface area contributed by atoms with Gasteiger partial charge in [0.05, 0.1) is 0 Å². The van der Waals surface area contributed by atoms with Crippen LogP contribution in [-0.2, 0) is 26.2 Å². The van der Waals surface area contributed by atoms with Crippen LogP contribution in [0.2, 0.25) is 0 Å². The van der Waals surface area contributed by atoms with Crippen LogP contribution >= 0.6 is 0 Å². The third kappa shape index (κ3) is 7.11. The zero-order chi connectivity index (χ0) is 20.9. The van der Waals surface area contributed by atoms with Crippen LogP contribution in [0.5, 0.6) is 0 Å². The molecule has 152 valence electrons. The van der Waals surface area contributed by atoms with Gasteiger partial charge in [0.15, 0.2) is 0 Å². The summed E-state index contributed by atoms with van der Waals surface area (Å²) in [5.41, 5.74) is 14.7. The molecule has 0 saturated heterocycles. The van der Waals surface area contributed by atoms with Crippen LogP contribution in [0.3, 0.4) is 0 Å². The van der Waals surface area contributed by atoms with Gasteiger partial charge in [-0.2, -0.15) is 55.6 Å². The van der Waals surface area contributed by atoms with E-state index < -0.39 is 0 Å². The van der Waals surface area contributed by atoms with E-state index in [1.54, 1.807) is 0 Å². The zero-order valence-corrected chi connectivity index (χ0v) is 21.9. The Morgan fingerprint density at radius 3 is 0.704 bits per heavy atom. The molecule has 0 radical (unpaired) electrons. The second-order valence-corrected chi connectivity index (χ2v) is 7.42. The first kappa shape index (κ1) is 28.1. The van der Waals surface area contributed by atoms with Crippen molar-refractivity contribution in [2.45, 2.75) is 83.1 Å². The molecule has 0 saturated carbocycles. The number of aliphatic hydroxyl groups is 2. The standard InChI is InChI=1S/2C10H15.C4H8O2.Zr/c2*1-6-7(2)9(4)10(5)8(6)3;1-3(5)4(2)6;/h2*1-5H3;5-6H,1-2H3;/q2*-1;;/b;;4-3-;. The summed E-state index contributed by atoms with van der Waals surface area (Å²) in [7, 11) is 0. The van der Waals surface area contributed by atoms with Gasteiger partial charge < -0.3 is 10.2 Å². The Bertz CT molecular complexity index is 552. The van der Waals surface area contributed by atoms with E-state index >= 15 is 0 Å². The topological polar surface area (TPSA) is 40.5 Å². The van der Waals surface area contributed by atoms with Crippen molar-refractivity contribution < 1.29 is 36.4 Å². The summed E-state index contributed by atoms with van der Waals surface area (Å²) in [5.74, 6) is -0.0370. The number of hydrogen-bond acceptors (Lipinski definition) is 2. The van der Waals surface area contributed by atoms with Crippen LogP contribution < -0.4 is 0 Å². The van der Waals surface area contributed by atoms with Gasteiger partial charge in [-0.05, 0) is 13.8 Å². The predicted molar refractivity (Wildman–Crippen MR) is 115 cm³/mol. The molecule has 3 heteroatoms. The molecule has 2 aromatic carbocycles. The van der Waals surface area contributed by atoms with Gasteiger partial charge in [-0.25, -0.2) is 0 Å². The number of allylic oxidation sites excluding steroid dienone is 2. The molecule has 0 spiro atoms. The van der Waals surface area contributed by atoms with Crippen LogP contribution in [0.1, 0.15) is 69.5 Å². The molecule has 0 atom stereocenters. The summed E-state index contributed by atoms with van der Waals surface area (Å²) in [4.78, 5) is 0. The molecule has 0 aliphatic heterocycles. The van der Waals surface area contributed by atoms with Gasteiger partial charge in [0.2, 0.25) is 0 Å². The van der Waals surface area contributed by atoms with Crippen molar-refractivity contribution in [2.24, 2.45) is 0 Å². The molecule has 2 N–H and O–H groups in total. The van der Waals surface area contributed by atoms with Crippen molar-refractivity contribution in [3.63, 3.8) is 0 Å². The van der Waals surface area contributed by atoms with Gasteiger partial charge in [0.1, 0.15) is 11.5 Å². The number of aliphatic hydroxyl groups excluding tert-OH is 2. The number of hydrogen-bond donors (Lipinski definition) is 2. The van der Waals surface area contributed by atoms with Crippen LogP contribution in [0.4, 0.5) is 0 Å². The summed E-state index contributed by atoms with van der Waals surface area (Å²) >= 11 is 0. The smallest absolute Gasteiger partial charge is 0.126 e. The molecule has 0 fully saturated rings. The van der Waals surface area contributed by atoms with Gasteiger partial charge >= 0.3 is 0 Å². The molecule has 2 rings (SSSR count). The predicted octanol–water partition coefficient (Wildman–Crippen LogP) is 7.25.